The smallest absolute Gasteiger partial charge is 0.417 e. The van der Waals surface area contributed by atoms with Crippen LogP contribution in [0.5, 0.6) is 17.4 Å². The number of carbonyl (C=O) groups is 1. The fourth-order valence-corrected chi connectivity index (χ4v) is 3.36. The second-order valence-electron chi connectivity index (χ2n) is 6.85. The van der Waals surface area contributed by atoms with Gasteiger partial charge in [-0.1, -0.05) is 6.07 Å². The van der Waals surface area contributed by atoms with Gasteiger partial charge in [-0.3, -0.25) is 4.79 Å². The number of halogens is 5. The van der Waals surface area contributed by atoms with Crippen LogP contribution in [-0.4, -0.2) is 28.0 Å². The fourth-order valence-electron chi connectivity index (χ4n) is 2.67. The summed E-state index contributed by atoms with van der Waals surface area (Å²) in [6, 6.07) is 10.7. The average Bonchev–Trinajstić information content (AvgIpc) is 2.74. The Kier molecular flexibility index (Phi) is 7.05. The van der Waals surface area contributed by atoms with Crippen LogP contribution in [0.2, 0.25) is 0 Å². The summed E-state index contributed by atoms with van der Waals surface area (Å²) in [6.07, 6.45) is -3.14. The number of nitrogens with one attached hydrogen (secondary N) is 2. The minimum absolute atomic E-state index is 0.00940. The second-order valence-corrected chi connectivity index (χ2v) is 9.01. The number of carbonyl (C=O) groups excluding carboxylic acids is 1. The summed E-state index contributed by atoms with van der Waals surface area (Å²) in [5.74, 6) is -1.69. The van der Waals surface area contributed by atoms with Gasteiger partial charge in [0.05, 0.1) is 15.3 Å². The number of nitrogens with zero attached hydrogens (tertiary/aromatic N) is 1. The van der Waals surface area contributed by atoms with Crippen molar-refractivity contribution in [2.75, 3.05) is 11.6 Å². The number of hydrogen-bond donors (Lipinski definition) is 2. The molecule has 3 aromatic rings. The van der Waals surface area contributed by atoms with Crippen molar-refractivity contribution in [2.45, 2.75) is 17.7 Å². The van der Waals surface area contributed by atoms with E-state index in [0.29, 0.717) is 12.3 Å². The van der Waals surface area contributed by atoms with Crippen molar-refractivity contribution >= 4 is 21.3 Å². The first-order valence-corrected chi connectivity index (χ1v) is 11.2. The Labute approximate surface area is 190 Å². The third kappa shape index (κ3) is 6.41. The van der Waals surface area contributed by atoms with Crippen LogP contribution in [-0.2, 0) is 15.9 Å². The van der Waals surface area contributed by atoms with Gasteiger partial charge in [0.2, 0.25) is 5.88 Å². The van der Waals surface area contributed by atoms with Crippen molar-refractivity contribution in [1.29, 1.82) is 4.78 Å². The van der Waals surface area contributed by atoms with Gasteiger partial charge in [0, 0.05) is 23.0 Å². The quantitative estimate of drug-likeness (QED) is 0.400. The molecule has 2 N–H and O–H groups in total. The van der Waals surface area contributed by atoms with Gasteiger partial charge >= 0.3 is 12.8 Å². The predicted octanol–water partition coefficient (Wildman–Crippen LogP) is 5.78. The maximum Gasteiger partial charge on any atom is 0.417 e. The molecule has 7 nitrogen and oxygen atoms in total. The fraction of sp³-hybridized carbons (Fsp3) is 0.143. The molecule has 1 amide bonds. The molecule has 0 aliphatic rings. The van der Waals surface area contributed by atoms with E-state index in [1.165, 1.54) is 42.7 Å². The van der Waals surface area contributed by atoms with Gasteiger partial charge in [0.1, 0.15) is 17.1 Å². The molecule has 0 bridgehead atoms. The third-order valence-corrected chi connectivity index (χ3v) is 5.38. The number of ether oxygens (including phenoxy) is 2. The average molecular weight is 501 g/mol. The summed E-state index contributed by atoms with van der Waals surface area (Å²) >= 11 is 0. The molecule has 1 heterocycles. The molecule has 180 valence electrons. The highest BCUT2D eigenvalue weighted by atomic mass is 32.2. The molecule has 13 heteroatoms. The number of aromatic nitrogens is 1. The largest absolute Gasteiger partial charge is 0.438 e. The Morgan fingerprint density at radius 3 is 2.32 bits per heavy atom. The molecular weight excluding hydrogens is 485 g/mol. The highest BCUT2D eigenvalue weighted by Crippen LogP contribution is 2.33. The lowest BCUT2D eigenvalue weighted by atomic mass is 10.1. The third-order valence-electron chi connectivity index (χ3n) is 4.23. The van der Waals surface area contributed by atoms with E-state index in [1.807, 2.05) is 0 Å². The monoisotopic (exact) mass is 501 g/mol. The first-order valence-electron chi connectivity index (χ1n) is 9.28. The van der Waals surface area contributed by atoms with E-state index in [1.54, 1.807) is 0 Å². The van der Waals surface area contributed by atoms with Crippen molar-refractivity contribution in [1.82, 2.24) is 4.98 Å². The lowest BCUT2D eigenvalue weighted by Crippen LogP contribution is -2.16. The van der Waals surface area contributed by atoms with Crippen LogP contribution in [0.3, 0.4) is 0 Å². The van der Waals surface area contributed by atoms with E-state index in [-0.39, 0.29) is 22.1 Å². The molecule has 0 fully saturated rings. The van der Waals surface area contributed by atoms with Crippen LogP contribution in [0.4, 0.5) is 27.6 Å². The van der Waals surface area contributed by atoms with Crippen molar-refractivity contribution < 1.29 is 40.4 Å². The van der Waals surface area contributed by atoms with Gasteiger partial charge in [-0.25, -0.2) is 14.0 Å². The molecular formula is C21H16F5N3O4S. The summed E-state index contributed by atoms with van der Waals surface area (Å²) in [4.78, 5) is 16.5. The van der Waals surface area contributed by atoms with Crippen LogP contribution in [0, 0.1) is 4.78 Å². The zero-order valence-electron chi connectivity index (χ0n) is 17.2. The van der Waals surface area contributed by atoms with Crippen molar-refractivity contribution in [2.24, 2.45) is 0 Å². The SMILES string of the molecule is CS(=N)(=O)c1cccc(NC(=O)c2cc(C(F)(F)F)cnc2Oc2ccc(OC(F)F)cc2)c1. The molecule has 0 saturated heterocycles. The maximum absolute atomic E-state index is 13.2. The zero-order chi connectivity index (χ0) is 25.1. The Morgan fingerprint density at radius 1 is 1.09 bits per heavy atom. The maximum atomic E-state index is 13.2. The molecule has 34 heavy (non-hydrogen) atoms. The van der Waals surface area contributed by atoms with Crippen LogP contribution < -0.4 is 14.8 Å². The Morgan fingerprint density at radius 2 is 1.74 bits per heavy atom. The van der Waals surface area contributed by atoms with Crippen LogP contribution >= 0.6 is 0 Å². The Bertz CT molecular complexity index is 1300. The lowest BCUT2D eigenvalue weighted by Gasteiger charge is -2.14. The van der Waals surface area contributed by atoms with Gasteiger partial charge in [0.25, 0.3) is 5.91 Å². The lowest BCUT2D eigenvalue weighted by molar-refractivity contribution is -0.137. The van der Waals surface area contributed by atoms with Gasteiger partial charge in [-0.15, -0.1) is 0 Å². The molecule has 0 radical (unpaired) electrons. The number of benzene rings is 2. The Hall–Kier alpha value is -3.74. The van der Waals surface area contributed by atoms with Crippen molar-refractivity contribution in [3.05, 3.63) is 71.9 Å². The van der Waals surface area contributed by atoms with E-state index < -0.39 is 45.4 Å². The highest BCUT2D eigenvalue weighted by Gasteiger charge is 2.33. The zero-order valence-corrected chi connectivity index (χ0v) is 18.0. The summed E-state index contributed by atoms with van der Waals surface area (Å²) in [5, 5.41) is 2.37. The summed E-state index contributed by atoms with van der Waals surface area (Å²) in [7, 11) is -3.11. The molecule has 3 rings (SSSR count). The molecule has 1 unspecified atom stereocenters. The molecule has 2 aromatic carbocycles. The standard InChI is InChI=1S/C21H16F5N3O4S/c1-34(27,31)16-4-2-3-13(10-16)29-18(30)17-9-12(21(24,25)26)11-28-19(17)32-14-5-7-15(8-6-14)33-20(22)23/h2-11,20,27H,1H3,(H,29,30). The number of pyridine rings is 1. The summed E-state index contributed by atoms with van der Waals surface area (Å²) < 4.78 is 93.4. The van der Waals surface area contributed by atoms with Crippen molar-refractivity contribution in [3.63, 3.8) is 0 Å². The minimum atomic E-state index is -4.80. The number of amides is 1. The molecule has 1 aromatic heterocycles. The molecule has 0 spiro atoms. The number of rotatable bonds is 7. The minimum Gasteiger partial charge on any atom is -0.438 e. The predicted molar refractivity (Wildman–Crippen MR) is 112 cm³/mol. The van der Waals surface area contributed by atoms with E-state index >= 15 is 0 Å². The summed E-state index contributed by atoms with van der Waals surface area (Å²) in [6.45, 7) is -3.05. The van der Waals surface area contributed by atoms with E-state index in [2.05, 4.69) is 15.0 Å². The molecule has 1 atom stereocenters. The Balaban J connectivity index is 1.93. The van der Waals surface area contributed by atoms with Gasteiger partial charge < -0.3 is 14.8 Å². The van der Waals surface area contributed by atoms with Gasteiger partial charge in [0.15, 0.2) is 0 Å². The van der Waals surface area contributed by atoms with Gasteiger partial charge in [-0.05, 0) is 48.5 Å². The van der Waals surface area contributed by atoms with Crippen LogP contribution in [0.25, 0.3) is 0 Å². The molecule has 0 aliphatic carbocycles. The number of alkyl halides is 5. The second kappa shape index (κ2) is 9.63. The van der Waals surface area contributed by atoms with Gasteiger partial charge in [-0.2, -0.15) is 22.0 Å². The number of anilines is 1. The van der Waals surface area contributed by atoms with E-state index in [9.17, 15) is 31.0 Å². The topological polar surface area (TPSA) is 101 Å². The van der Waals surface area contributed by atoms with Crippen LogP contribution in [0.15, 0.2) is 65.7 Å². The molecule has 0 aliphatic heterocycles. The first-order chi connectivity index (χ1) is 15.8. The molecule has 0 saturated carbocycles. The van der Waals surface area contributed by atoms with E-state index in [4.69, 9.17) is 9.52 Å². The summed E-state index contributed by atoms with van der Waals surface area (Å²) in [5.41, 5.74) is -1.69. The normalized spacial score (nSPS) is 13.3. The van der Waals surface area contributed by atoms with Crippen LogP contribution in [0.1, 0.15) is 15.9 Å². The highest BCUT2D eigenvalue weighted by molar-refractivity contribution is 7.91. The van der Waals surface area contributed by atoms with E-state index in [0.717, 1.165) is 12.1 Å². The number of hydrogen-bond acceptors (Lipinski definition) is 6. The van der Waals surface area contributed by atoms with Crippen molar-refractivity contribution in [3.8, 4) is 17.4 Å². The first kappa shape index (κ1) is 24.9.